The minimum atomic E-state index is -1.25. The quantitative estimate of drug-likeness (QED) is 0.540. The van der Waals surface area contributed by atoms with Crippen LogP contribution in [0.3, 0.4) is 0 Å². The molecular weight excluding hydrogens is 380 g/mol. The van der Waals surface area contributed by atoms with Crippen molar-refractivity contribution in [2.45, 2.75) is 45.2 Å². The van der Waals surface area contributed by atoms with Gasteiger partial charge in [0, 0.05) is 18.0 Å². The Balaban J connectivity index is 1.72. The van der Waals surface area contributed by atoms with E-state index in [2.05, 4.69) is 15.5 Å². The molecule has 3 rings (SSSR count). The fraction of sp³-hybridized carbons (Fsp3) is 0.526. The van der Waals surface area contributed by atoms with Crippen molar-refractivity contribution in [3.8, 4) is 5.88 Å². The lowest BCUT2D eigenvalue weighted by Gasteiger charge is -2.42. The number of hydrogen-bond acceptors (Lipinski definition) is 7. The number of aromatic nitrogens is 2. The minimum absolute atomic E-state index is 0.0462. The second-order valence-electron chi connectivity index (χ2n) is 7.90. The molecule has 2 aliphatic rings. The molecule has 156 valence electrons. The number of carboxylic acids is 1. The molecule has 2 amide bonds. The predicted molar refractivity (Wildman–Crippen MR) is 99.8 cm³/mol. The van der Waals surface area contributed by atoms with Gasteiger partial charge < -0.3 is 25.2 Å². The van der Waals surface area contributed by atoms with E-state index in [0.29, 0.717) is 24.1 Å². The molecule has 0 radical (unpaired) electrons. The number of aliphatic carboxylic acids is 1. The lowest BCUT2D eigenvalue weighted by Crippen LogP contribution is -2.53. The van der Waals surface area contributed by atoms with Crippen LogP contribution in [-0.2, 0) is 20.9 Å². The second kappa shape index (κ2) is 8.06. The summed E-state index contributed by atoms with van der Waals surface area (Å²) in [5, 5.41) is 29.1. The molecule has 3 N–H and O–H groups in total. The summed E-state index contributed by atoms with van der Waals surface area (Å²) in [7, 11) is 0. The Hall–Kier alpha value is -3.17. The second-order valence-corrected chi connectivity index (χ2v) is 7.90. The Morgan fingerprint density at radius 2 is 2.03 bits per heavy atom. The van der Waals surface area contributed by atoms with E-state index in [0.717, 1.165) is 0 Å². The number of ether oxygens (including phenoxy) is 1. The van der Waals surface area contributed by atoms with Gasteiger partial charge in [-0.25, -0.2) is 0 Å². The smallest absolute Gasteiger partial charge is 0.322 e. The molecule has 0 atom stereocenters. The van der Waals surface area contributed by atoms with Gasteiger partial charge >= 0.3 is 5.97 Å². The molecule has 1 fully saturated rings. The molecule has 0 aromatic carbocycles. The summed E-state index contributed by atoms with van der Waals surface area (Å²) in [5.41, 5.74) is -0.736. The van der Waals surface area contributed by atoms with Gasteiger partial charge in [0.2, 0.25) is 5.88 Å². The largest absolute Gasteiger partial charge is 0.511 e. The van der Waals surface area contributed by atoms with Crippen LogP contribution in [0.15, 0.2) is 23.5 Å². The number of hydrogen-bond donors (Lipinski definition) is 3. The van der Waals surface area contributed by atoms with Gasteiger partial charge in [-0.1, -0.05) is 0 Å². The first kappa shape index (κ1) is 20.6. The van der Waals surface area contributed by atoms with Crippen molar-refractivity contribution in [3.05, 3.63) is 29.2 Å². The average molecular weight is 404 g/mol. The van der Waals surface area contributed by atoms with Crippen LogP contribution in [0.1, 0.15) is 38.8 Å². The third kappa shape index (κ3) is 5.01. The van der Waals surface area contributed by atoms with Crippen LogP contribution < -0.4 is 10.1 Å². The number of carboxylic acid groups (broad SMARTS) is 1. The van der Waals surface area contributed by atoms with Crippen LogP contribution in [0, 0.1) is 5.92 Å². The van der Waals surface area contributed by atoms with E-state index in [1.54, 1.807) is 26.0 Å². The zero-order valence-electron chi connectivity index (χ0n) is 16.3. The third-order valence-corrected chi connectivity index (χ3v) is 4.88. The molecule has 10 nitrogen and oxygen atoms in total. The summed E-state index contributed by atoms with van der Waals surface area (Å²) in [4.78, 5) is 37.2. The maximum atomic E-state index is 12.9. The van der Waals surface area contributed by atoms with Gasteiger partial charge in [-0.2, -0.15) is 5.10 Å². The number of carbonyl (C=O) groups is 3. The molecule has 1 aromatic rings. The number of nitrogens with zero attached hydrogens (tertiary/aromatic N) is 3. The number of aliphatic hydroxyl groups is 1. The normalized spacial score (nSPS) is 18.6. The summed E-state index contributed by atoms with van der Waals surface area (Å²) in [6, 6.07) is 3.38. The fourth-order valence-corrected chi connectivity index (χ4v) is 3.04. The van der Waals surface area contributed by atoms with Gasteiger partial charge in [-0.05, 0) is 38.7 Å². The molecule has 0 saturated heterocycles. The van der Waals surface area contributed by atoms with Gasteiger partial charge in [0.05, 0.1) is 18.8 Å². The average Bonchev–Trinajstić information content (AvgIpc) is 3.46. The Morgan fingerprint density at radius 1 is 1.31 bits per heavy atom. The van der Waals surface area contributed by atoms with Crippen LogP contribution in [-0.4, -0.2) is 61.8 Å². The SMILES string of the molecule is CC1(C)CC(O)=C(C(=O)NCC(=O)O)C(=O)N1Cc1ccc(OCC2CC2)nn1. The molecule has 2 heterocycles. The monoisotopic (exact) mass is 404 g/mol. The van der Waals surface area contributed by atoms with Gasteiger partial charge in [-0.15, -0.1) is 5.10 Å². The molecule has 29 heavy (non-hydrogen) atoms. The van der Waals surface area contributed by atoms with Gasteiger partial charge in [0.15, 0.2) is 0 Å². The maximum Gasteiger partial charge on any atom is 0.322 e. The van der Waals surface area contributed by atoms with Gasteiger partial charge in [0.25, 0.3) is 11.8 Å². The van der Waals surface area contributed by atoms with E-state index in [9.17, 15) is 19.5 Å². The van der Waals surface area contributed by atoms with E-state index in [1.165, 1.54) is 17.7 Å². The molecule has 0 spiro atoms. The van der Waals surface area contributed by atoms with E-state index in [4.69, 9.17) is 9.84 Å². The van der Waals surface area contributed by atoms with Crippen molar-refractivity contribution >= 4 is 17.8 Å². The van der Waals surface area contributed by atoms with Crippen LogP contribution in [0.2, 0.25) is 0 Å². The summed E-state index contributed by atoms with van der Waals surface area (Å²) in [6.07, 6.45) is 2.38. The van der Waals surface area contributed by atoms with Crippen LogP contribution in [0.4, 0.5) is 0 Å². The molecule has 1 aliphatic heterocycles. The van der Waals surface area contributed by atoms with E-state index in [1.807, 2.05) is 0 Å². The van der Waals surface area contributed by atoms with Gasteiger partial charge in [-0.3, -0.25) is 14.4 Å². The van der Waals surface area contributed by atoms with Crippen LogP contribution in [0.25, 0.3) is 0 Å². The van der Waals surface area contributed by atoms with E-state index < -0.39 is 35.4 Å². The zero-order chi connectivity index (χ0) is 21.2. The highest BCUT2D eigenvalue weighted by Gasteiger charge is 2.42. The first-order valence-corrected chi connectivity index (χ1v) is 9.37. The van der Waals surface area contributed by atoms with Crippen LogP contribution >= 0.6 is 0 Å². The highest BCUT2D eigenvalue weighted by Crippen LogP contribution is 2.33. The van der Waals surface area contributed by atoms with Crippen molar-refractivity contribution in [1.82, 2.24) is 20.4 Å². The van der Waals surface area contributed by atoms with Gasteiger partial charge in [0.1, 0.15) is 17.9 Å². The lowest BCUT2D eigenvalue weighted by atomic mass is 9.89. The van der Waals surface area contributed by atoms with Crippen molar-refractivity contribution in [2.75, 3.05) is 13.2 Å². The van der Waals surface area contributed by atoms with Crippen molar-refractivity contribution in [1.29, 1.82) is 0 Å². The maximum absolute atomic E-state index is 12.9. The Labute approximate surface area is 167 Å². The van der Waals surface area contributed by atoms with Crippen molar-refractivity contribution in [2.24, 2.45) is 5.92 Å². The Morgan fingerprint density at radius 3 is 2.62 bits per heavy atom. The van der Waals surface area contributed by atoms with E-state index in [-0.39, 0.29) is 18.7 Å². The van der Waals surface area contributed by atoms with Crippen molar-refractivity contribution in [3.63, 3.8) is 0 Å². The first-order chi connectivity index (χ1) is 13.7. The summed E-state index contributed by atoms with van der Waals surface area (Å²) in [5.74, 6) is -2.24. The first-order valence-electron chi connectivity index (χ1n) is 9.37. The molecular formula is C19H24N4O6. The number of amides is 2. The number of rotatable bonds is 8. The highest BCUT2D eigenvalue weighted by atomic mass is 16.5. The standard InChI is InChI=1S/C19H24N4O6/c1-19(2)7-13(24)16(17(27)20-8-15(25)26)18(28)23(19)9-12-5-6-14(22-21-12)29-10-11-3-4-11/h5-6,11,24H,3-4,7-10H2,1-2H3,(H,20,27)(H,25,26). The highest BCUT2D eigenvalue weighted by molar-refractivity contribution is 6.19. The topological polar surface area (TPSA) is 142 Å². The van der Waals surface area contributed by atoms with Crippen LogP contribution in [0.5, 0.6) is 5.88 Å². The fourth-order valence-electron chi connectivity index (χ4n) is 3.04. The third-order valence-electron chi connectivity index (χ3n) is 4.88. The molecule has 0 unspecified atom stereocenters. The minimum Gasteiger partial charge on any atom is -0.511 e. The molecule has 1 aliphatic carbocycles. The van der Waals surface area contributed by atoms with Crippen molar-refractivity contribution < 1.29 is 29.3 Å². The summed E-state index contributed by atoms with van der Waals surface area (Å²) >= 11 is 0. The summed E-state index contributed by atoms with van der Waals surface area (Å²) in [6.45, 7) is 3.55. The molecule has 1 saturated carbocycles. The number of aliphatic hydroxyl groups excluding tert-OH is 1. The number of carbonyl (C=O) groups excluding carboxylic acids is 2. The molecule has 1 aromatic heterocycles. The number of nitrogens with one attached hydrogen (secondary N) is 1. The van der Waals surface area contributed by atoms with E-state index >= 15 is 0 Å². The molecule has 0 bridgehead atoms. The summed E-state index contributed by atoms with van der Waals surface area (Å²) < 4.78 is 5.55. The zero-order valence-corrected chi connectivity index (χ0v) is 16.3. The molecule has 10 heteroatoms. The lowest BCUT2D eigenvalue weighted by molar-refractivity contribution is -0.140. The Bertz CT molecular complexity index is 845. The Kier molecular flexibility index (Phi) is 5.71. The predicted octanol–water partition coefficient (Wildman–Crippen LogP) is 0.789.